The van der Waals surface area contributed by atoms with E-state index in [1.165, 1.54) is 14.2 Å². The minimum absolute atomic E-state index is 0.124. The molecule has 4 heteroatoms. The first-order valence-electron chi connectivity index (χ1n) is 4.78. The third-order valence-corrected chi connectivity index (χ3v) is 2.26. The van der Waals surface area contributed by atoms with Gasteiger partial charge in [-0.2, -0.15) is 0 Å². The number of ether oxygens (including phenoxy) is 2. The molecule has 0 aliphatic carbocycles. The zero-order chi connectivity index (χ0) is 12.1. The predicted molar refractivity (Wildman–Crippen MR) is 61.5 cm³/mol. The number of benzene rings is 1. The Bertz CT molecular complexity index is 409. The van der Waals surface area contributed by atoms with Gasteiger partial charge in [-0.25, -0.2) is 0 Å². The van der Waals surface area contributed by atoms with E-state index < -0.39 is 6.10 Å². The molecule has 0 fully saturated rings. The minimum atomic E-state index is -0.757. The molecule has 0 heterocycles. The Kier molecular flexibility index (Phi) is 4.18. The van der Waals surface area contributed by atoms with E-state index in [-0.39, 0.29) is 6.54 Å². The van der Waals surface area contributed by atoms with Crippen molar-refractivity contribution in [3.05, 3.63) is 23.3 Å². The van der Waals surface area contributed by atoms with Crippen LogP contribution in [0.25, 0.3) is 0 Å². The summed E-state index contributed by atoms with van der Waals surface area (Å²) in [4.78, 5) is 0. The number of aliphatic hydroxyl groups excluding tert-OH is 1. The second kappa shape index (κ2) is 5.40. The molecule has 3 N–H and O–H groups in total. The Balaban J connectivity index is 3.32. The Hall–Kier alpha value is -1.70. The minimum Gasteiger partial charge on any atom is -0.493 e. The molecule has 0 saturated heterocycles. The van der Waals surface area contributed by atoms with Crippen LogP contribution in [0.3, 0.4) is 0 Å². The zero-order valence-corrected chi connectivity index (χ0v) is 9.36. The Morgan fingerprint density at radius 3 is 2.56 bits per heavy atom. The summed E-state index contributed by atoms with van der Waals surface area (Å²) in [5.41, 5.74) is 6.53. The zero-order valence-electron chi connectivity index (χ0n) is 9.36. The maximum atomic E-state index is 9.64. The Morgan fingerprint density at radius 1 is 1.44 bits per heavy atom. The molecule has 0 bridgehead atoms. The number of nitrogens with two attached hydrogens (primary N) is 1. The van der Waals surface area contributed by atoms with Crippen LogP contribution in [0.5, 0.6) is 11.5 Å². The lowest BCUT2D eigenvalue weighted by molar-refractivity contribution is 0.186. The van der Waals surface area contributed by atoms with E-state index in [0.29, 0.717) is 22.6 Å². The van der Waals surface area contributed by atoms with Gasteiger partial charge in [0.05, 0.1) is 25.9 Å². The first kappa shape index (κ1) is 12.4. The average molecular weight is 221 g/mol. The number of aliphatic hydroxyl groups is 1. The van der Waals surface area contributed by atoms with Crippen molar-refractivity contribution in [3.63, 3.8) is 0 Å². The third-order valence-electron chi connectivity index (χ3n) is 2.26. The van der Waals surface area contributed by atoms with E-state index >= 15 is 0 Å². The molecule has 0 amide bonds. The fraction of sp³-hybridized carbons (Fsp3) is 0.333. The fourth-order valence-electron chi connectivity index (χ4n) is 1.42. The smallest absolute Gasteiger partial charge is 0.176 e. The van der Waals surface area contributed by atoms with E-state index in [9.17, 15) is 5.11 Å². The Morgan fingerprint density at radius 2 is 2.12 bits per heavy atom. The SMILES string of the molecule is C#Cc1cc(C(O)CN)cc(OC)c1OC. The molecule has 4 nitrogen and oxygen atoms in total. The van der Waals surface area contributed by atoms with Gasteiger partial charge in [-0.05, 0) is 17.7 Å². The summed E-state index contributed by atoms with van der Waals surface area (Å²) in [5.74, 6) is 3.45. The van der Waals surface area contributed by atoms with Gasteiger partial charge in [-0.3, -0.25) is 0 Å². The highest BCUT2D eigenvalue weighted by Crippen LogP contribution is 2.33. The molecule has 1 aromatic rings. The molecule has 0 spiro atoms. The molecule has 86 valence electrons. The molecule has 0 saturated carbocycles. The molecule has 0 aromatic heterocycles. The van der Waals surface area contributed by atoms with Gasteiger partial charge in [0.15, 0.2) is 11.5 Å². The second-order valence-electron chi connectivity index (χ2n) is 3.20. The number of hydrogen-bond donors (Lipinski definition) is 2. The van der Waals surface area contributed by atoms with Crippen molar-refractivity contribution < 1.29 is 14.6 Å². The first-order valence-corrected chi connectivity index (χ1v) is 4.78. The summed E-state index contributed by atoms with van der Waals surface area (Å²) in [6.45, 7) is 0.124. The van der Waals surface area contributed by atoms with Crippen LogP contribution in [0.1, 0.15) is 17.2 Å². The van der Waals surface area contributed by atoms with E-state index in [1.807, 2.05) is 0 Å². The number of methoxy groups -OCH3 is 2. The van der Waals surface area contributed by atoms with Crippen LogP contribution in [0, 0.1) is 12.3 Å². The lowest BCUT2D eigenvalue weighted by atomic mass is 10.0. The predicted octanol–water partition coefficient (Wildman–Crippen LogP) is 0.677. The average Bonchev–Trinajstić information content (AvgIpc) is 2.35. The van der Waals surface area contributed by atoms with E-state index in [1.54, 1.807) is 12.1 Å². The number of hydrogen-bond acceptors (Lipinski definition) is 4. The maximum absolute atomic E-state index is 9.64. The summed E-state index contributed by atoms with van der Waals surface area (Å²) in [5, 5.41) is 9.64. The molecule has 0 aliphatic rings. The first-order chi connectivity index (χ1) is 7.67. The highest BCUT2D eigenvalue weighted by atomic mass is 16.5. The van der Waals surface area contributed by atoms with Gasteiger partial charge in [0.2, 0.25) is 0 Å². The normalized spacial score (nSPS) is 11.7. The molecular weight excluding hydrogens is 206 g/mol. The summed E-state index contributed by atoms with van der Waals surface area (Å²) in [7, 11) is 3.02. The molecule has 1 unspecified atom stereocenters. The van der Waals surface area contributed by atoms with E-state index in [4.69, 9.17) is 21.6 Å². The standard InChI is InChI=1S/C12H15NO3/c1-4-8-5-9(10(14)7-13)6-11(15-2)12(8)16-3/h1,5-6,10,14H,7,13H2,2-3H3. The molecular formula is C12H15NO3. The molecule has 0 radical (unpaired) electrons. The topological polar surface area (TPSA) is 64.7 Å². The highest BCUT2D eigenvalue weighted by molar-refractivity contribution is 5.56. The maximum Gasteiger partial charge on any atom is 0.176 e. The van der Waals surface area contributed by atoms with Crippen LogP contribution in [-0.2, 0) is 0 Å². The molecule has 1 aromatic carbocycles. The third kappa shape index (κ3) is 2.27. The quantitative estimate of drug-likeness (QED) is 0.734. The summed E-state index contributed by atoms with van der Waals surface area (Å²) in [6, 6.07) is 3.33. The fourth-order valence-corrected chi connectivity index (χ4v) is 1.42. The molecule has 16 heavy (non-hydrogen) atoms. The highest BCUT2D eigenvalue weighted by Gasteiger charge is 2.14. The van der Waals surface area contributed by atoms with Gasteiger partial charge in [-0.15, -0.1) is 6.42 Å². The van der Waals surface area contributed by atoms with Crippen LogP contribution in [0.4, 0.5) is 0 Å². The monoisotopic (exact) mass is 221 g/mol. The second-order valence-corrected chi connectivity index (χ2v) is 3.20. The van der Waals surface area contributed by atoms with Gasteiger partial charge >= 0.3 is 0 Å². The largest absolute Gasteiger partial charge is 0.493 e. The van der Waals surface area contributed by atoms with E-state index in [2.05, 4.69) is 5.92 Å². The van der Waals surface area contributed by atoms with Crippen molar-refractivity contribution in [1.29, 1.82) is 0 Å². The molecule has 0 aliphatic heterocycles. The van der Waals surface area contributed by atoms with Crippen molar-refractivity contribution in [1.82, 2.24) is 0 Å². The lowest BCUT2D eigenvalue weighted by Gasteiger charge is -2.14. The van der Waals surface area contributed by atoms with Crippen LogP contribution in [-0.4, -0.2) is 25.9 Å². The van der Waals surface area contributed by atoms with E-state index in [0.717, 1.165) is 0 Å². The van der Waals surface area contributed by atoms with Crippen LogP contribution < -0.4 is 15.2 Å². The Labute approximate surface area is 95.0 Å². The number of rotatable bonds is 4. The summed E-state index contributed by atoms with van der Waals surface area (Å²) in [6.07, 6.45) is 4.60. The van der Waals surface area contributed by atoms with Gasteiger partial charge < -0.3 is 20.3 Å². The van der Waals surface area contributed by atoms with Gasteiger partial charge in [0.25, 0.3) is 0 Å². The van der Waals surface area contributed by atoms with Crippen molar-refractivity contribution in [3.8, 4) is 23.8 Å². The van der Waals surface area contributed by atoms with Crippen LogP contribution in [0.15, 0.2) is 12.1 Å². The number of terminal acetylenes is 1. The van der Waals surface area contributed by atoms with Gasteiger partial charge in [0.1, 0.15) is 0 Å². The van der Waals surface area contributed by atoms with Crippen molar-refractivity contribution in [2.24, 2.45) is 5.73 Å². The summed E-state index contributed by atoms with van der Waals surface area (Å²) >= 11 is 0. The molecule has 1 atom stereocenters. The van der Waals surface area contributed by atoms with Gasteiger partial charge in [-0.1, -0.05) is 5.92 Å². The van der Waals surface area contributed by atoms with Crippen LogP contribution >= 0.6 is 0 Å². The lowest BCUT2D eigenvalue weighted by Crippen LogP contribution is -2.12. The van der Waals surface area contributed by atoms with Gasteiger partial charge in [0, 0.05) is 6.54 Å². The summed E-state index contributed by atoms with van der Waals surface area (Å²) < 4.78 is 10.3. The molecule has 1 rings (SSSR count). The van der Waals surface area contributed by atoms with Crippen LogP contribution in [0.2, 0.25) is 0 Å². The van der Waals surface area contributed by atoms with Crippen molar-refractivity contribution in [2.45, 2.75) is 6.10 Å². The van der Waals surface area contributed by atoms with Crippen molar-refractivity contribution >= 4 is 0 Å². The van der Waals surface area contributed by atoms with Crippen molar-refractivity contribution in [2.75, 3.05) is 20.8 Å².